The number of rotatable bonds is 4. The molecular formula is C12H13N3O3. The number of hydrogen-bond donors (Lipinski definition) is 3. The second kappa shape index (κ2) is 5.22. The quantitative estimate of drug-likeness (QED) is 0.741. The number of nitrogens with one attached hydrogen (secondary N) is 3. The highest BCUT2D eigenvalue weighted by Crippen LogP contribution is 2.16. The van der Waals surface area contributed by atoms with Gasteiger partial charge in [0.2, 0.25) is 0 Å². The highest BCUT2D eigenvalue weighted by atomic mass is 16.5. The van der Waals surface area contributed by atoms with Gasteiger partial charge in [-0.25, -0.2) is 0 Å². The fourth-order valence-electron chi connectivity index (χ4n) is 1.57. The number of H-pyrrole nitrogens is 2. The van der Waals surface area contributed by atoms with Crippen molar-refractivity contribution in [1.82, 2.24) is 15.5 Å². The van der Waals surface area contributed by atoms with Gasteiger partial charge < -0.3 is 15.2 Å². The molecule has 0 saturated heterocycles. The average Bonchev–Trinajstić information content (AvgIpc) is 2.81. The molecule has 0 bridgehead atoms. The predicted octanol–water partition coefficient (Wildman–Crippen LogP) is 0.642. The van der Waals surface area contributed by atoms with Gasteiger partial charge in [0, 0.05) is 6.07 Å². The first kappa shape index (κ1) is 12.0. The van der Waals surface area contributed by atoms with Gasteiger partial charge in [0.1, 0.15) is 5.75 Å². The van der Waals surface area contributed by atoms with E-state index in [0.29, 0.717) is 17.0 Å². The van der Waals surface area contributed by atoms with Crippen molar-refractivity contribution >= 4 is 5.91 Å². The van der Waals surface area contributed by atoms with Crippen molar-refractivity contribution in [3.63, 3.8) is 0 Å². The summed E-state index contributed by atoms with van der Waals surface area (Å²) in [5.74, 6) is 0.257. The number of para-hydroxylation sites is 1. The second-order valence-electron chi connectivity index (χ2n) is 3.67. The molecular weight excluding hydrogens is 234 g/mol. The molecule has 0 aliphatic heterocycles. The molecule has 94 valence electrons. The highest BCUT2D eigenvalue weighted by Gasteiger charge is 2.10. The Bertz CT molecular complexity index is 600. The van der Waals surface area contributed by atoms with Gasteiger partial charge in [-0.1, -0.05) is 12.1 Å². The molecule has 2 aromatic rings. The molecule has 0 unspecified atom stereocenters. The maximum absolute atomic E-state index is 11.9. The Morgan fingerprint density at radius 2 is 2.11 bits per heavy atom. The smallest absolute Gasteiger partial charge is 0.264 e. The fourth-order valence-corrected chi connectivity index (χ4v) is 1.57. The first-order valence-electron chi connectivity index (χ1n) is 5.38. The molecule has 0 saturated carbocycles. The molecule has 6 nitrogen and oxygen atoms in total. The van der Waals surface area contributed by atoms with Crippen LogP contribution in [0, 0.1) is 0 Å². The number of carbonyl (C=O) groups is 1. The largest absolute Gasteiger partial charge is 0.496 e. The zero-order valence-corrected chi connectivity index (χ0v) is 9.82. The maximum atomic E-state index is 11.9. The first-order chi connectivity index (χ1) is 8.70. The van der Waals surface area contributed by atoms with E-state index in [1.807, 2.05) is 0 Å². The van der Waals surface area contributed by atoms with Gasteiger partial charge in [0.15, 0.2) is 0 Å². The van der Waals surface area contributed by atoms with Crippen molar-refractivity contribution < 1.29 is 9.53 Å². The third-order valence-electron chi connectivity index (χ3n) is 2.44. The molecule has 0 spiro atoms. The summed E-state index contributed by atoms with van der Waals surface area (Å²) in [5, 5.41) is 7.75. The molecule has 1 aromatic heterocycles. The fraction of sp³-hybridized carbons (Fsp3) is 0.167. The summed E-state index contributed by atoms with van der Waals surface area (Å²) in [4.78, 5) is 22.8. The summed E-state index contributed by atoms with van der Waals surface area (Å²) in [5.41, 5.74) is 0.845. The van der Waals surface area contributed by atoms with E-state index in [4.69, 9.17) is 4.74 Å². The number of aromatic amines is 2. The maximum Gasteiger partial charge on any atom is 0.264 e. The summed E-state index contributed by atoms with van der Waals surface area (Å²) in [6.07, 6.45) is 0. The van der Waals surface area contributed by atoms with Gasteiger partial charge in [0.05, 0.1) is 24.9 Å². The van der Waals surface area contributed by atoms with Crippen LogP contribution in [-0.2, 0) is 6.54 Å². The van der Waals surface area contributed by atoms with Crippen LogP contribution >= 0.6 is 0 Å². The van der Waals surface area contributed by atoms with Crippen LogP contribution in [0.3, 0.4) is 0 Å². The summed E-state index contributed by atoms with van der Waals surface area (Å²) in [6, 6.07) is 8.33. The minimum atomic E-state index is -0.255. The standard InChI is InChI=1S/C12H13N3O3/c1-18-10-5-3-2-4-9(10)12(17)13-7-8-6-11(16)15-14-8/h2-6H,7H2,1H3,(H,13,17)(H2,14,15,16). The van der Waals surface area contributed by atoms with Crippen LogP contribution in [0.15, 0.2) is 35.1 Å². The highest BCUT2D eigenvalue weighted by molar-refractivity contribution is 5.96. The van der Waals surface area contributed by atoms with Crippen molar-refractivity contribution in [3.8, 4) is 5.75 Å². The molecule has 0 atom stereocenters. The monoisotopic (exact) mass is 247 g/mol. The summed E-state index contributed by atoms with van der Waals surface area (Å²) in [7, 11) is 1.51. The van der Waals surface area contributed by atoms with Crippen LogP contribution in [-0.4, -0.2) is 23.2 Å². The lowest BCUT2D eigenvalue weighted by Crippen LogP contribution is -2.23. The lowest BCUT2D eigenvalue weighted by atomic mass is 10.2. The average molecular weight is 247 g/mol. The van der Waals surface area contributed by atoms with Crippen LogP contribution in [0.2, 0.25) is 0 Å². The van der Waals surface area contributed by atoms with E-state index in [1.165, 1.54) is 13.2 Å². The molecule has 1 heterocycles. The number of amides is 1. The lowest BCUT2D eigenvalue weighted by molar-refractivity contribution is 0.0947. The van der Waals surface area contributed by atoms with E-state index < -0.39 is 0 Å². The third kappa shape index (κ3) is 2.60. The predicted molar refractivity (Wildman–Crippen MR) is 65.6 cm³/mol. The molecule has 0 aliphatic carbocycles. The minimum Gasteiger partial charge on any atom is -0.496 e. The number of ether oxygens (including phenoxy) is 1. The van der Waals surface area contributed by atoms with Crippen molar-refractivity contribution in [1.29, 1.82) is 0 Å². The lowest BCUT2D eigenvalue weighted by Gasteiger charge is -2.08. The molecule has 0 fully saturated rings. The van der Waals surface area contributed by atoms with Gasteiger partial charge >= 0.3 is 0 Å². The number of methoxy groups -OCH3 is 1. The van der Waals surface area contributed by atoms with Gasteiger partial charge in [-0.2, -0.15) is 0 Å². The van der Waals surface area contributed by atoms with E-state index in [2.05, 4.69) is 15.5 Å². The van der Waals surface area contributed by atoms with E-state index in [9.17, 15) is 9.59 Å². The first-order valence-corrected chi connectivity index (χ1v) is 5.38. The van der Waals surface area contributed by atoms with E-state index in [0.717, 1.165) is 0 Å². The molecule has 2 rings (SSSR count). The van der Waals surface area contributed by atoms with E-state index in [-0.39, 0.29) is 18.0 Å². The van der Waals surface area contributed by atoms with E-state index >= 15 is 0 Å². The van der Waals surface area contributed by atoms with Crippen molar-refractivity contribution in [3.05, 3.63) is 51.9 Å². The zero-order chi connectivity index (χ0) is 13.0. The number of aromatic nitrogens is 2. The number of hydrogen-bond acceptors (Lipinski definition) is 3. The SMILES string of the molecule is COc1ccccc1C(=O)NCc1cc(=O)[nH][nH]1. The van der Waals surface area contributed by atoms with Crippen LogP contribution < -0.4 is 15.6 Å². The van der Waals surface area contributed by atoms with Crippen molar-refractivity contribution in [2.75, 3.05) is 7.11 Å². The number of carbonyl (C=O) groups excluding carboxylic acids is 1. The Morgan fingerprint density at radius 1 is 1.33 bits per heavy atom. The Kier molecular flexibility index (Phi) is 3.47. The molecule has 18 heavy (non-hydrogen) atoms. The molecule has 0 radical (unpaired) electrons. The molecule has 6 heteroatoms. The van der Waals surface area contributed by atoms with Crippen molar-refractivity contribution in [2.45, 2.75) is 6.54 Å². The van der Waals surface area contributed by atoms with Gasteiger partial charge in [-0.3, -0.25) is 14.7 Å². The molecule has 1 amide bonds. The Hall–Kier alpha value is -2.50. The Labute approximate surface area is 103 Å². The van der Waals surface area contributed by atoms with Gasteiger partial charge in [-0.15, -0.1) is 0 Å². The van der Waals surface area contributed by atoms with Crippen LogP contribution in [0.25, 0.3) is 0 Å². The van der Waals surface area contributed by atoms with Crippen molar-refractivity contribution in [2.24, 2.45) is 0 Å². The van der Waals surface area contributed by atoms with E-state index in [1.54, 1.807) is 24.3 Å². The summed E-state index contributed by atoms with van der Waals surface area (Å²) >= 11 is 0. The molecule has 3 N–H and O–H groups in total. The topological polar surface area (TPSA) is 87.0 Å². The summed E-state index contributed by atoms with van der Waals surface area (Å²) < 4.78 is 5.10. The zero-order valence-electron chi connectivity index (χ0n) is 9.82. The van der Waals surface area contributed by atoms with Crippen LogP contribution in [0.1, 0.15) is 16.1 Å². The second-order valence-corrected chi connectivity index (χ2v) is 3.67. The Morgan fingerprint density at radius 3 is 2.78 bits per heavy atom. The minimum absolute atomic E-state index is 0.225. The Balaban J connectivity index is 2.05. The molecule has 1 aromatic carbocycles. The van der Waals surface area contributed by atoms with Gasteiger partial charge in [0.25, 0.3) is 11.5 Å². The normalized spacial score (nSPS) is 10.1. The van der Waals surface area contributed by atoms with Gasteiger partial charge in [-0.05, 0) is 12.1 Å². The third-order valence-corrected chi connectivity index (χ3v) is 2.44. The number of benzene rings is 1. The summed E-state index contributed by atoms with van der Waals surface area (Å²) in [6.45, 7) is 0.246. The van der Waals surface area contributed by atoms with Crippen LogP contribution in [0.4, 0.5) is 0 Å². The molecule has 0 aliphatic rings. The van der Waals surface area contributed by atoms with Crippen LogP contribution in [0.5, 0.6) is 5.75 Å².